The van der Waals surface area contributed by atoms with E-state index in [9.17, 15) is 0 Å². The second-order valence-electron chi connectivity index (χ2n) is 5.27. The highest BCUT2D eigenvalue weighted by atomic mass is 79.9. The molecule has 2 aromatic rings. The highest BCUT2D eigenvalue weighted by Crippen LogP contribution is 2.29. The van der Waals surface area contributed by atoms with Gasteiger partial charge in [0.25, 0.3) is 0 Å². The maximum absolute atomic E-state index is 4.75. The van der Waals surface area contributed by atoms with Gasteiger partial charge in [-0.2, -0.15) is 0 Å². The molecule has 0 aliphatic carbocycles. The summed E-state index contributed by atoms with van der Waals surface area (Å²) in [6.45, 7) is 9.78. The molecule has 0 aliphatic rings. The first-order valence-electron chi connectivity index (χ1n) is 7.83. The third kappa shape index (κ3) is 4.18. The Morgan fingerprint density at radius 1 is 1.17 bits per heavy atom. The van der Waals surface area contributed by atoms with Crippen LogP contribution in [-0.2, 0) is 0 Å². The number of hydrogen-bond donors (Lipinski definition) is 0. The first-order chi connectivity index (χ1) is 11.6. The van der Waals surface area contributed by atoms with Crippen molar-refractivity contribution < 1.29 is 0 Å². The molecule has 0 atom stereocenters. The van der Waals surface area contributed by atoms with E-state index in [1.807, 2.05) is 57.2 Å². The van der Waals surface area contributed by atoms with E-state index in [1.54, 1.807) is 6.08 Å². The predicted molar refractivity (Wildman–Crippen MR) is 107 cm³/mol. The third-order valence-corrected chi connectivity index (χ3v) is 4.24. The van der Waals surface area contributed by atoms with Crippen molar-refractivity contribution >= 4 is 27.1 Å². The monoisotopic (exact) mass is 380 g/mol. The summed E-state index contributed by atoms with van der Waals surface area (Å²) in [5.74, 6) is 0.710. The number of hydrogen-bond acceptors (Lipinski definition) is 2. The molecular weight excluding hydrogens is 360 g/mol. The van der Waals surface area contributed by atoms with Gasteiger partial charge in [-0.25, -0.2) is 9.97 Å². The van der Waals surface area contributed by atoms with Gasteiger partial charge in [-0.3, -0.25) is 0 Å². The molecule has 122 valence electrons. The van der Waals surface area contributed by atoms with E-state index < -0.39 is 0 Å². The van der Waals surface area contributed by atoms with Crippen molar-refractivity contribution in [2.24, 2.45) is 0 Å². The summed E-state index contributed by atoms with van der Waals surface area (Å²) in [6, 6.07) is 10.1. The van der Waals surface area contributed by atoms with Crippen LogP contribution in [0.5, 0.6) is 0 Å². The lowest BCUT2D eigenvalue weighted by atomic mass is 10.1. The van der Waals surface area contributed by atoms with Crippen LogP contribution < -0.4 is 0 Å². The second kappa shape index (κ2) is 8.55. The normalized spacial score (nSPS) is 12.7. The molecule has 2 rings (SSSR count). The average Bonchev–Trinajstić information content (AvgIpc) is 2.60. The molecule has 3 heteroatoms. The number of benzene rings is 1. The summed E-state index contributed by atoms with van der Waals surface area (Å²) in [5.41, 5.74) is 4.90. The average molecular weight is 381 g/mol. The molecule has 0 radical (unpaired) electrons. The van der Waals surface area contributed by atoms with Gasteiger partial charge in [-0.15, -0.1) is 0 Å². The van der Waals surface area contributed by atoms with Crippen molar-refractivity contribution in [1.82, 2.24) is 9.97 Å². The van der Waals surface area contributed by atoms with E-state index in [1.165, 1.54) is 0 Å². The zero-order valence-corrected chi connectivity index (χ0v) is 15.8. The molecule has 0 N–H and O–H groups in total. The Morgan fingerprint density at radius 3 is 2.54 bits per heavy atom. The Balaban J connectivity index is 2.72. The fourth-order valence-corrected chi connectivity index (χ4v) is 2.83. The highest BCUT2D eigenvalue weighted by molar-refractivity contribution is 9.10. The Hall–Kier alpha value is -2.26. The second-order valence-corrected chi connectivity index (χ2v) is 6.13. The summed E-state index contributed by atoms with van der Waals surface area (Å²) in [7, 11) is 0. The van der Waals surface area contributed by atoms with Gasteiger partial charge < -0.3 is 0 Å². The van der Waals surface area contributed by atoms with Crippen LogP contribution in [0.25, 0.3) is 22.4 Å². The maximum Gasteiger partial charge on any atom is 0.156 e. The van der Waals surface area contributed by atoms with Gasteiger partial charge in [-0.05, 0) is 44.1 Å². The Bertz CT molecular complexity index is 829. The molecule has 0 amide bonds. The van der Waals surface area contributed by atoms with Crippen molar-refractivity contribution in [3.63, 3.8) is 0 Å². The molecule has 0 bridgehead atoms. The van der Waals surface area contributed by atoms with E-state index >= 15 is 0 Å². The first-order valence-corrected chi connectivity index (χ1v) is 8.63. The lowest BCUT2D eigenvalue weighted by molar-refractivity contribution is 1.10. The van der Waals surface area contributed by atoms with Crippen LogP contribution in [0.2, 0.25) is 0 Å². The van der Waals surface area contributed by atoms with Gasteiger partial charge in [0.1, 0.15) is 0 Å². The van der Waals surface area contributed by atoms with E-state index in [0.717, 1.165) is 32.6 Å². The van der Waals surface area contributed by atoms with E-state index in [2.05, 4.69) is 40.7 Å². The molecule has 0 aliphatic heterocycles. The minimum atomic E-state index is 0.710. The third-order valence-electron chi connectivity index (χ3n) is 3.55. The van der Waals surface area contributed by atoms with Gasteiger partial charge >= 0.3 is 0 Å². The smallest absolute Gasteiger partial charge is 0.156 e. The lowest BCUT2D eigenvalue weighted by Gasteiger charge is -2.10. The van der Waals surface area contributed by atoms with Gasteiger partial charge in [0.05, 0.1) is 11.4 Å². The van der Waals surface area contributed by atoms with Crippen LogP contribution in [0.1, 0.15) is 32.3 Å². The van der Waals surface area contributed by atoms with Crippen molar-refractivity contribution in [3.05, 3.63) is 83.3 Å². The SMILES string of the molecule is C=CC=C(C)c1nc(C(C=CC)=CC)cc(-c2ccccc2Br)n1. The van der Waals surface area contributed by atoms with Gasteiger partial charge in [-0.1, -0.05) is 71.1 Å². The zero-order valence-electron chi connectivity index (χ0n) is 14.3. The molecule has 0 saturated carbocycles. The predicted octanol–water partition coefficient (Wildman–Crippen LogP) is 6.47. The summed E-state index contributed by atoms with van der Waals surface area (Å²) < 4.78 is 1.01. The summed E-state index contributed by atoms with van der Waals surface area (Å²) >= 11 is 3.61. The molecule has 0 spiro atoms. The summed E-state index contributed by atoms with van der Waals surface area (Å²) in [4.78, 5) is 9.49. The first kappa shape index (κ1) is 18.1. The Kier molecular flexibility index (Phi) is 6.44. The number of aromatic nitrogens is 2. The van der Waals surface area contributed by atoms with E-state index in [0.29, 0.717) is 5.82 Å². The fraction of sp³-hybridized carbons (Fsp3) is 0.143. The molecule has 0 fully saturated rings. The lowest BCUT2D eigenvalue weighted by Crippen LogP contribution is -2.00. The fourth-order valence-electron chi connectivity index (χ4n) is 2.34. The van der Waals surface area contributed by atoms with Crippen molar-refractivity contribution in [1.29, 1.82) is 0 Å². The minimum Gasteiger partial charge on any atom is -0.228 e. The topological polar surface area (TPSA) is 25.8 Å². The van der Waals surface area contributed by atoms with Crippen LogP contribution in [0.4, 0.5) is 0 Å². The number of nitrogens with zero attached hydrogens (tertiary/aromatic N) is 2. The largest absolute Gasteiger partial charge is 0.228 e. The quantitative estimate of drug-likeness (QED) is 0.555. The number of allylic oxidation sites excluding steroid dienone is 7. The van der Waals surface area contributed by atoms with Crippen LogP contribution >= 0.6 is 15.9 Å². The van der Waals surface area contributed by atoms with Gasteiger partial charge in [0.2, 0.25) is 0 Å². The molecule has 1 aromatic carbocycles. The van der Waals surface area contributed by atoms with E-state index in [4.69, 9.17) is 9.97 Å². The van der Waals surface area contributed by atoms with E-state index in [-0.39, 0.29) is 0 Å². The van der Waals surface area contributed by atoms with Crippen LogP contribution in [0, 0.1) is 0 Å². The van der Waals surface area contributed by atoms with Crippen LogP contribution in [0.3, 0.4) is 0 Å². The molecule has 1 aromatic heterocycles. The molecule has 24 heavy (non-hydrogen) atoms. The van der Waals surface area contributed by atoms with Crippen LogP contribution in [0.15, 0.2) is 71.8 Å². The Labute approximate surface area is 152 Å². The number of rotatable bonds is 5. The molecule has 2 nitrogen and oxygen atoms in total. The van der Waals surface area contributed by atoms with Crippen LogP contribution in [-0.4, -0.2) is 9.97 Å². The Morgan fingerprint density at radius 2 is 1.92 bits per heavy atom. The van der Waals surface area contributed by atoms with Gasteiger partial charge in [0, 0.05) is 10.0 Å². The molecular formula is C21H21BrN2. The molecule has 0 unspecified atom stereocenters. The summed E-state index contributed by atoms with van der Waals surface area (Å²) in [6.07, 6.45) is 9.81. The van der Waals surface area contributed by atoms with Crippen molar-refractivity contribution in [2.75, 3.05) is 0 Å². The maximum atomic E-state index is 4.75. The molecule has 1 heterocycles. The zero-order chi connectivity index (χ0) is 17.5. The standard InChI is InChI=1S/C21H21BrN2/c1-5-10-15(4)21-23-19(16(7-3)11-6-2)14-20(24-21)17-12-8-9-13-18(17)22/h5-14H,1H2,2-4H3. The minimum absolute atomic E-state index is 0.710. The molecule has 0 saturated heterocycles. The summed E-state index contributed by atoms with van der Waals surface area (Å²) in [5, 5.41) is 0. The number of halogens is 1. The van der Waals surface area contributed by atoms with Crippen molar-refractivity contribution in [3.8, 4) is 11.3 Å². The van der Waals surface area contributed by atoms with Gasteiger partial charge in [0.15, 0.2) is 5.82 Å². The van der Waals surface area contributed by atoms with Crippen molar-refractivity contribution in [2.45, 2.75) is 20.8 Å². The highest BCUT2D eigenvalue weighted by Gasteiger charge is 2.11.